The van der Waals surface area contributed by atoms with E-state index in [4.69, 9.17) is 0 Å². The van der Waals surface area contributed by atoms with Crippen LogP contribution in [0.3, 0.4) is 0 Å². The van der Waals surface area contributed by atoms with Gasteiger partial charge in [-0.2, -0.15) is 0 Å². The molecule has 1 amide bonds. The summed E-state index contributed by atoms with van der Waals surface area (Å²) in [5.74, 6) is 1.16. The van der Waals surface area contributed by atoms with E-state index in [9.17, 15) is 4.79 Å². The zero-order valence-electron chi connectivity index (χ0n) is 10.6. The number of thioether (sulfide) groups is 1. The van der Waals surface area contributed by atoms with Crippen molar-refractivity contribution in [3.63, 3.8) is 0 Å². The molecule has 2 rings (SSSR count). The molecule has 0 fully saturated rings. The van der Waals surface area contributed by atoms with Gasteiger partial charge in [-0.15, -0.1) is 11.8 Å². The first-order chi connectivity index (χ1) is 8.63. The predicted molar refractivity (Wildman–Crippen MR) is 80.5 cm³/mol. The highest BCUT2D eigenvalue weighted by molar-refractivity contribution is 9.10. The van der Waals surface area contributed by atoms with Gasteiger partial charge >= 0.3 is 0 Å². The van der Waals surface area contributed by atoms with Crippen molar-refractivity contribution in [2.75, 3.05) is 30.8 Å². The largest absolute Gasteiger partial charge is 0.319 e. The highest BCUT2D eigenvalue weighted by Crippen LogP contribution is 2.41. The lowest BCUT2D eigenvalue weighted by Crippen LogP contribution is -2.37. The minimum atomic E-state index is 0.190. The molecule has 0 saturated heterocycles. The fourth-order valence-electron chi connectivity index (χ4n) is 2.05. The first-order valence-electron chi connectivity index (χ1n) is 6.01. The van der Waals surface area contributed by atoms with Gasteiger partial charge in [-0.3, -0.25) is 4.79 Å². The van der Waals surface area contributed by atoms with Crippen molar-refractivity contribution in [3.05, 3.63) is 22.2 Å². The molecule has 0 bridgehead atoms. The summed E-state index contributed by atoms with van der Waals surface area (Å²) in [4.78, 5) is 15.3. The van der Waals surface area contributed by atoms with Crippen LogP contribution in [0.4, 0.5) is 5.69 Å². The summed E-state index contributed by atoms with van der Waals surface area (Å²) in [5, 5.41) is 3.02. The third-order valence-electron chi connectivity index (χ3n) is 2.91. The molecule has 0 saturated carbocycles. The second kappa shape index (κ2) is 6.08. The number of nitrogens with zero attached hydrogens (tertiary/aromatic N) is 1. The lowest BCUT2D eigenvalue weighted by Gasteiger charge is -2.30. The lowest BCUT2D eigenvalue weighted by molar-refractivity contribution is -0.118. The summed E-state index contributed by atoms with van der Waals surface area (Å²) in [7, 11) is 1.87. The second-order valence-corrected chi connectivity index (χ2v) is 6.33. The molecule has 1 aliphatic heterocycles. The maximum Gasteiger partial charge on any atom is 0.228 e. The molecule has 0 aromatic heterocycles. The molecule has 0 spiro atoms. The third-order valence-corrected chi connectivity index (χ3v) is 4.52. The van der Waals surface area contributed by atoms with Crippen LogP contribution in [-0.4, -0.2) is 31.8 Å². The van der Waals surface area contributed by atoms with E-state index < -0.39 is 0 Å². The normalized spacial score (nSPS) is 14.5. The number of anilines is 1. The summed E-state index contributed by atoms with van der Waals surface area (Å²) < 4.78 is 1.02. The van der Waals surface area contributed by atoms with Crippen LogP contribution in [0.15, 0.2) is 21.5 Å². The van der Waals surface area contributed by atoms with Crippen molar-refractivity contribution in [2.24, 2.45) is 0 Å². The van der Waals surface area contributed by atoms with Gasteiger partial charge in [-0.25, -0.2) is 0 Å². The Morgan fingerprint density at radius 3 is 3.06 bits per heavy atom. The Bertz CT molecular complexity index is 465. The first-order valence-corrected chi connectivity index (χ1v) is 7.79. The molecule has 3 nitrogen and oxygen atoms in total. The molecule has 0 unspecified atom stereocenters. The number of carbonyl (C=O) groups is 1. The predicted octanol–water partition coefficient (Wildman–Crippen LogP) is 2.81. The minimum absolute atomic E-state index is 0.190. The first kappa shape index (κ1) is 13.9. The SMILES string of the molecule is CNCCC(=O)N1CCSc2cc(C)cc(Br)c21. The number of nitrogens with one attached hydrogen (secondary N) is 1. The van der Waals surface area contributed by atoms with Crippen molar-refractivity contribution in [2.45, 2.75) is 18.2 Å². The van der Waals surface area contributed by atoms with Gasteiger partial charge in [0.2, 0.25) is 5.91 Å². The van der Waals surface area contributed by atoms with Gasteiger partial charge in [-0.05, 0) is 47.6 Å². The number of aryl methyl sites for hydroxylation is 1. The fourth-order valence-corrected chi connectivity index (χ4v) is 4.09. The topological polar surface area (TPSA) is 32.3 Å². The van der Waals surface area contributed by atoms with Crippen molar-refractivity contribution in [1.29, 1.82) is 0 Å². The van der Waals surface area contributed by atoms with Gasteiger partial charge < -0.3 is 10.2 Å². The van der Waals surface area contributed by atoms with Crippen molar-refractivity contribution in [1.82, 2.24) is 5.32 Å². The average molecular weight is 329 g/mol. The van der Waals surface area contributed by atoms with Gasteiger partial charge in [0.05, 0.1) is 5.69 Å². The van der Waals surface area contributed by atoms with Crippen LogP contribution in [0.2, 0.25) is 0 Å². The Morgan fingerprint density at radius 2 is 2.33 bits per heavy atom. The molecule has 1 N–H and O–H groups in total. The molecule has 18 heavy (non-hydrogen) atoms. The molecule has 5 heteroatoms. The van der Waals surface area contributed by atoms with Crippen LogP contribution in [0.1, 0.15) is 12.0 Å². The standard InChI is InChI=1S/C13H17BrN2OS/c1-9-7-10(14)13-11(8-9)18-6-5-16(13)12(17)3-4-15-2/h7-8,15H,3-6H2,1-2H3. The van der Waals surface area contributed by atoms with Crippen LogP contribution in [-0.2, 0) is 4.79 Å². The summed E-state index contributed by atoms with van der Waals surface area (Å²) in [5.41, 5.74) is 2.26. The quantitative estimate of drug-likeness (QED) is 0.926. The number of benzene rings is 1. The third kappa shape index (κ3) is 2.90. The number of fused-ring (bicyclic) bond motifs is 1. The maximum absolute atomic E-state index is 12.2. The van der Waals surface area contributed by atoms with Crippen LogP contribution in [0, 0.1) is 6.92 Å². The monoisotopic (exact) mass is 328 g/mol. The Morgan fingerprint density at radius 1 is 1.56 bits per heavy atom. The van der Waals surface area contributed by atoms with E-state index in [1.165, 1.54) is 10.5 Å². The van der Waals surface area contributed by atoms with E-state index >= 15 is 0 Å². The van der Waals surface area contributed by atoms with Crippen LogP contribution >= 0.6 is 27.7 Å². The summed E-state index contributed by atoms with van der Waals surface area (Å²) >= 11 is 5.41. The molecule has 1 aliphatic rings. The summed E-state index contributed by atoms with van der Waals surface area (Å²) in [6.07, 6.45) is 0.543. The number of hydrogen-bond donors (Lipinski definition) is 1. The van der Waals surface area contributed by atoms with Gasteiger partial charge in [-0.1, -0.05) is 0 Å². The van der Waals surface area contributed by atoms with Gasteiger partial charge in [0, 0.05) is 34.6 Å². The molecule has 0 aliphatic carbocycles. The highest BCUT2D eigenvalue weighted by Gasteiger charge is 2.25. The lowest BCUT2D eigenvalue weighted by atomic mass is 10.2. The second-order valence-electron chi connectivity index (χ2n) is 4.34. The zero-order chi connectivity index (χ0) is 13.1. The number of carbonyl (C=O) groups excluding carboxylic acids is 1. The average Bonchev–Trinajstić information content (AvgIpc) is 2.34. The molecule has 1 aromatic rings. The highest BCUT2D eigenvalue weighted by atomic mass is 79.9. The van der Waals surface area contributed by atoms with E-state index in [-0.39, 0.29) is 5.91 Å². The Kier molecular flexibility index (Phi) is 4.70. The maximum atomic E-state index is 12.2. The Hall–Kier alpha value is -0.520. The number of halogens is 1. The van der Waals surface area contributed by atoms with Crippen LogP contribution in [0.25, 0.3) is 0 Å². The minimum Gasteiger partial charge on any atom is -0.319 e. The molecule has 1 heterocycles. The zero-order valence-corrected chi connectivity index (χ0v) is 13.0. The Balaban J connectivity index is 2.30. The molecular formula is C13H17BrN2OS. The molecule has 1 aromatic carbocycles. The van der Waals surface area contributed by atoms with Crippen molar-refractivity contribution < 1.29 is 4.79 Å². The van der Waals surface area contributed by atoms with E-state index in [1.54, 1.807) is 0 Å². The molecule has 0 atom stereocenters. The number of rotatable bonds is 3. The van der Waals surface area contributed by atoms with Gasteiger partial charge in [0.1, 0.15) is 0 Å². The van der Waals surface area contributed by atoms with Crippen LogP contribution in [0.5, 0.6) is 0 Å². The summed E-state index contributed by atoms with van der Waals surface area (Å²) in [6, 6.07) is 4.23. The number of amides is 1. The van der Waals surface area contributed by atoms with E-state index in [0.717, 1.165) is 29.0 Å². The Labute approximate surface area is 120 Å². The van der Waals surface area contributed by atoms with E-state index in [0.29, 0.717) is 6.42 Å². The molecule has 98 valence electrons. The van der Waals surface area contributed by atoms with Crippen molar-refractivity contribution in [3.8, 4) is 0 Å². The van der Waals surface area contributed by atoms with Gasteiger partial charge in [0.15, 0.2) is 0 Å². The summed E-state index contributed by atoms with van der Waals surface area (Å²) in [6.45, 7) is 3.59. The van der Waals surface area contributed by atoms with Gasteiger partial charge in [0.25, 0.3) is 0 Å². The fraction of sp³-hybridized carbons (Fsp3) is 0.462. The van der Waals surface area contributed by atoms with E-state index in [2.05, 4.69) is 40.3 Å². The van der Waals surface area contributed by atoms with E-state index in [1.807, 2.05) is 23.7 Å². The van der Waals surface area contributed by atoms with Crippen molar-refractivity contribution >= 4 is 39.3 Å². The molecule has 0 radical (unpaired) electrons. The van der Waals surface area contributed by atoms with Crippen LogP contribution < -0.4 is 10.2 Å². The number of hydrogen-bond acceptors (Lipinski definition) is 3. The smallest absolute Gasteiger partial charge is 0.228 e. The molecular weight excluding hydrogens is 312 g/mol.